The van der Waals surface area contributed by atoms with Crippen LogP contribution in [-0.4, -0.2) is 102 Å². The monoisotopic (exact) mass is 1210 g/mol. The molecule has 9 heterocycles. The van der Waals surface area contributed by atoms with Gasteiger partial charge < -0.3 is 15.9 Å². The van der Waals surface area contributed by atoms with Gasteiger partial charge in [-0.3, -0.25) is 14.7 Å². The molecule has 12 rings (SSSR count). The van der Waals surface area contributed by atoms with Crippen molar-refractivity contribution in [2.75, 3.05) is 54.9 Å². The van der Waals surface area contributed by atoms with E-state index in [-0.39, 0.29) is 105 Å². The number of nitriles is 3. The number of halogens is 3. The topological polar surface area (TPSA) is 195 Å². The summed E-state index contributed by atoms with van der Waals surface area (Å²) in [4.78, 5) is 23.9. The molecule has 1 atom stereocenters. The molecule has 0 amide bonds. The van der Waals surface area contributed by atoms with Gasteiger partial charge in [0.05, 0.1) is 72.3 Å². The third-order valence-electron chi connectivity index (χ3n) is 11.1. The molecule has 3 aliphatic rings. The third kappa shape index (κ3) is 14.7. The zero-order chi connectivity index (χ0) is 84.9. The fraction of sp³-hybridized carbons (Fsp3) is 0.339. The first kappa shape index (κ1) is 28.9. The molecule has 80 heavy (non-hydrogen) atoms. The standard InChI is InChI=1S/2C20H20ClN5S.C19H18ClN5S/c2*1-13-2-3-14(8-15(13)10-22)11-26-6-4-16(5-7-26)25-19-17-9-18(21)27-20(17)24-12-23-19;20-17-9-16-18(22-12-23-19(16)26-17)24-15-4-6-25(7-5-15)11-14-3-1-2-13(8-14)10-21/h2*2-3,8-9,12,16H,4-7,11H2,1H3,(H,23,24,25);1-3,8-9,12,15H,4-7,11H2,(H,22,23,24)/i6D2,7D2,9D,11D2,12D,16D;6D2,7D2,9D,11D,12D,16D;4D2,5D2,6D2,7D2,9D,11D2,12D,15D/hD3. The lowest BCUT2D eigenvalue weighted by Crippen LogP contribution is -2.38. The second-order valence-corrected chi connectivity index (χ2v) is 21.3. The third-order valence-corrected chi connectivity index (χ3v) is 14.4. The highest BCUT2D eigenvalue weighted by Gasteiger charge is 2.24. The summed E-state index contributed by atoms with van der Waals surface area (Å²) in [6.45, 7) is -22.6. The van der Waals surface area contributed by atoms with Crippen LogP contribution in [-0.2, 0) is 19.5 Å². The number of hydrogen-bond donors (Lipinski definition) is 3. The van der Waals surface area contributed by atoms with Crippen molar-refractivity contribution in [1.82, 2.24) is 44.6 Å². The molecule has 3 fully saturated rings. The summed E-state index contributed by atoms with van der Waals surface area (Å²) >= 11 is 20.6. The number of fused-ring (bicyclic) bond motifs is 3. The molecule has 3 saturated heterocycles. The average molecular weight is 1210 g/mol. The summed E-state index contributed by atoms with van der Waals surface area (Å²) < 4.78 is 283. The predicted molar refractivity (Wildman–Crippen MR) is 326 cm³/mol. The number of nitrogens with one attached hydrogen (secondary N) is 3. The Hall–Kier alpha value is -6.60. The van der Waals surface area contributed by atoms with Crippen LogP contribution in [0.2, 0.25) is 17.2 Å². The average Bonchev–Trinajstić information content (AvgIpc) is 0.823. The Morgan fingerprint density at radius 3 is 1.48 bits per heavy atom. The number of hydrogen-bond acceptors (Lipinski definition) is 18. The second kappa shape index (κ2) is 26.8. The van der Waals surface area contributed by atoms with E-state index in [1.165, 1.54) is 42.5 Å². The molecule has 0 aliphatic carbocycles. The van der Waals surface area contributed by atoms with Gasteiger partial charge in [0.25, 0.3) is 0 Å². The summed E-state index contributed by atoms with van der Waals surface area (Å²) in [5, 5.41) is 28.3. The van der Waals surface area contributed by atoms with Gasteiger partial charge in [0, 0.05) is 105 Å². The SMILES string of the molecule is [2H]c1nc(N([2H])C2([2H])C([2H])([2H])C([2H])([2H])N(C([2H])([2H])c3cccc(C#N)c3)C([2H])([2H])C2([2H])[2H])c2c([2H])c(Cl)sc2n1.[2H]c1nc(N([2H])C2([2H])CC([2H])([2H])N(C([2H])([2H])c3ccc(C)c(C#N)c3)C([2H])([2H])C2)c2c([2H])c(Cl)sc2n1.[2H]c1nc(N([2H])C2([2H])CC([2H])([2H])N(C([2H])c3ccc(C)c(C#N)c3)C([2H])([2H])C2)c2c([2H])c(Cl)sc2n1. The van der Waals surface area contributed by atoms with Crippen molar-refractivity contribution in [2.24, 2.45) is 0 Å². The van der Waals surface area contributed by atoms with Gasteiger partial charge in [-0.15, -0.1) is 34.0 Å². The normalized spacial score (nSPS) is 28.8. The minimum Gasteiger partial charge on any atom is -0.367 e. The van der Waals surface area contributed by atoms with Gasteiger partial charge in [-0.1, -0.05) is 71.2 Å². The quantitative estimate of drug-likeness (QED) is 0.104. The van der Waals surface area contributed by atoms with Crippen LogP contribution in [0, 0.1) is 47.8 Å². The van der Waals surface area contributed by atoms with E-state index in [4.69, 9.17) is 80.2 Å². The molecule has 9 aromatic rings. The lowest BCUT2D eigenvalue weighted by Gasteiger charge is -2.32. The van der Waals surface area contributed by atoms with Crippen LogP contribution in [0.25, 0.3) is 30.6 Å². The van der Waals surface area contributed by atoms with Gasteiger partial charge in [0.2, 0.25) is 0 Å². The second-order valence-electron chi connectivity index (χ2n) is 16.5. The molecule has 6 aromatic heterocycles. The van der Waals surface area contributed by atoms with Crippen LogP contribution in [0.5, 0.6) is 0 Å². The number of aromatic nitrogens is 6. The number of rotatable bonds is 12. The highest BCUT2D eigenvalue weighted by molar-refractivity contribution is 7.23. The van der Waals surface area contributed by atoms with Gasteiger partial charge in [-0.05, 0) is 122 Å². The highest BCUT2D eigenvalue weighted by atomic mass is 35.5. The van der Waals surface area contributed by atoms with E-state index in [0.717, 1.165) is 34.8 Å². The Kier molecular flexibility index (Phi) is 9.67. The molecular weight excluding hydrogens is 1120 g/mol. The lowest BCUT2D eigenvalue weighted by atomic mass is 10.0. The molecule has 21 heteroatoms. The smallest absolute Gasteiger partial charge is 0.162 e. The maximum Gasteiger partial charge on any atom is 0.162 e. The minimum atomic E-state index is -3.92. The number of benzene rings is 3. The number of thiophene rings is 3. The Bertz CT molecular complexity index is 5360. The maximum absolute atomic E-state index is 9.35. The van der Waals surface area contributed by atoms with Gasteiger partial charge >= 0.3 is 0 Å². The first-order valence-electron chi connectivity index (χ1n) is 39.6. The van der Waals surface area contributed by atoms with Crippen LogP contribution in [0.4, 0.5) is 17.5 Å². The van der Waals surface area contributed by atoms with Gasteiger partial charge in [0.15, 0.2) is 4.24 Å². The number of nitrogens with zero attached hydrogens (tertiary/aromatic N) is 12. The van der Waals surface area contributed by atoms with Crippen molar-refractivity contribution in [2.45, 2.75) is 89.8 Å². The molecule has 1 unspecified atom stereocenters. The molecular formula is C59H58Cl3N15S3. The van der Waals surface area contributed by atoms with E-state index in [0.29, 0.717) is 42.9 Å². The highest BCUT2D eigenvalue weighted by Crippen LogP contribution is 2.35. The van der Waals surface area contributed by atoms with Crippen LogP contribution < -0.4 is 15.9 Å². The summed E-state index contributed by atoms with van der Waals surface area (Å²) in [5.74, 6) is -1.54. The summed E-state index contributed by atoms with van der Waals surface area (Å²) in [5.41, 5.74) is 1.20. The van der Waals surface area contributed by atoms with Crippen LogP contribution >= 0.6 is 68.8 Å². The summed E-state index contributed by atoms with van der Waals surface area (Å²) in [7, 11) is 0. The lowest BCUT2D eigenvalue weighted by molar-refractivity contribution is 0.211. The fourth-order valence-corrected chi connectivity index (χ4v) is 10.1. The Labute approximate surface area is 539 Å². The molecule has 408 valence electrons. The zero-order valence-corrected chi connectivity index (χ0v) is 46.0. The fourth-order valence-electron chi connectivity index (χ4n) is 7.16. The largest absolute Gasteiger partial charge is 0.367 e. The number of anilines is 3. The predicted octanol–water partition coefficient (Wildman–Crippen LogP) is 13.5. The maximum atomic E-state index is 9.35. The number of likely N-dealkylation sites (tertiary alicyclic amines) is 3. The Morgan fingerprint density at radius 2 is 1.00 bits per heavy atom. The van der Waals surface area contributed by atoms with Crippen LogP contribution in [0.15, 0.2) is 97.7 Å². The van der Waals surface area contributed by atoms with E-state index in [2.05, 4.69) is 29.9 Å². The molecule has 3 aliphatic heterocycles. The van der Waals surface area contributed by atoms with Crippen LogP contribution in [0.1, 0.15) is 124 Å². The Balaban J connectivity index is 0.000000180. The van der Waals surface area contributed by atoms with Crippen molar-refractivity contribution in [3.8, 4) is 18.2 Å². The molecule has 15 nitrogen and oxygen atoms in total. The number of piperidine rings is 3. The van der Waals surface area contributed by atoms with Crippen molar-refractivity contribution in [1.29, 1.82) is 15.8 Å². The van der Waals surface area contributed by atoms with Crippen molar-refractivity contribution in [3.63, 3.8) is 0 Å². The van der Waals surface area contributed by atoms with E-state index in [1.807, 2.05) is 12.1 Å². The van der Waals surface area contributed by atoms with Gasteiger partial charge in [-0.25, -0.2) is 29.9 Å². The molecule has 0 spiro atoms. The van der Waals surface area contributed by atoms with Crippen LogP contribution in [0.3, 0.4) is 0 Å². The van der Waals surface area contributed by atoms with Crippen molar-refractivity contribution in [3.05, 3.63) is 155 Å². The minimum absolute atomic E-state index is 0.0183. The summed E-state index contributed by atoms with van der Waals surface area (Å²) in [6.07, 6.45) is -12.7. The van der Waals surface area contributed by atoms with Crippen molar-refractivity contribution >= 4 is 117 Å². The van der Waals surface area contributed by atoms with Gasteiger partial charge in [-0.2, -0.15) is 15.8 Å². The molecule has 0 radical (unpaired) electrons. The first-order chi connectivity index (χ1) is 51.7. The van der Waals surface area contributed by atoms with E-state index >= 15 is 0 Å². The molecule has 0 bridgehead atoms. The summed E-state index contributed by atoms with van der Waals surface area (Å²) in [6, 6.07) is 9.60. The number of aryl methyl sites for hydroxylation is 2. The molecule has 3 aromatic carbocycles. The van der Waals surface area contributed by atoms with E-state index < -0.39 is 151 Å². The van der Waals surface area contributed by atoms with Crippen molar-refractivity contribution < 1.29 is 45.4 Å². The molecule has 3 N–H and O–H groups in total. The first-order valence-corrected chi connectivity index (χ1v) is 26.8. The molecule has 0 saturated carbocycles. The van der Waals surface area contributed by atoms with Gasteiger partial charge in [0.1, 0.15) is 55.0 Å². The zero-order valence-electron chi connectivity index (χ0n) is 74.2. The van der Waals surface area contributed by atoms with E-state index in [1.54, 1.807) is 26.0 Å². The Morgan fingerprint density at radius 1 is 0.575 bits per heavy atom. The van der Waals surface area contributed by atoms with E-state index in [9.17, 15) is 15.8 Å².